The summed E-state index contributed by atoms with van der Waals surface area (Å²) in [6.45, 7) is 8.86. The summed E-state index contributed by atoms with van der Waals surface area (Å²) in [4.78, 5) is 73.4. The van der Waals surface area contributed by atoms with Crippen molar-refractivity contribution in [2.75, 3.05) is 11.9 Å². The molecule has 2 heterocycles. The fourth-order valence-corrected chi connectivity index (χ4v) is 8.07. The highest BCUT2D eigenvalue weighted by atomic mass is 32.1. The molecule has 1 unspecified atom stereocenters. The normalized spacial score (nSPS) is 14.5. The van der Waals surface area contributed by atoms with E-state index in [9.17, 15) is 28.7 Å². The first-order chi connectivity index (χ1) is 26.5. The summed E-state index contributed by atoms with van der Waals surface area (Å²) in [6, 6.07) is 15.1. The second-order valence-electron chi connectivity index (χ2n) is 13.9. The van der Waals surface area contributed by atoms with E-state index in [1.165, 1.54) is 39.4 Å². The van der Waals surface area contributed by atoms with Crippen LogP contribution >= 0.6 is 30.5 Å². The Balaban J connectivity index is 1.84. The highest BCUT2D eigenvalue weighted by Gasteiger charge is 2.41. The Hall–Kier alpha value is -4.22. The number of carbonyl (C=O) groups excluding carboxylic acids is 3. The third-order valence-electron chi connectivity index (χ3n) is 8.82. The van der Waals surface area contributed by atoms with Gasteiger partial charge in [-0.05, 0) is 43.2 Å². The van der Waals surface area contributed by atoms with Crippen LogP contribution in [0.4, 0.5) is 15.4 Å². The van der Waals surface area contributed by atoms with E-state index in [0.29, 0.717) is 10.7 Å². The van der Waals surface area contributed by atoms with Gasteiger partial charge in [-0.15, -0.1) is 22.7 Å². The van der Waals surface area contributed by atoms with Gasteiger partial charge in [0.25, 0.3) is 0 Å². The van der Waals surface area contributed by atoms with Gasteiger partial charge in [-0.1, -0.05) is 88.4 Å². The number of hydrogen-bond donors (Lipinski definition) is 4. The number of amides is 4. The number of alkyl carbamates (subject to hydrolysis) is 1. The van der Waals surface area contributed by atoms with Gasteiger partial charge in [0.1, 0.15) is 18.5 Å². The molecule has 15 nitrogen and oxygen atoms in total. The molecule has 2 aromatic heterocycles. The average Bonchev–Trinajstić information content (AvgIpc) is 3.85. The van der Waals surface area contributed by atoms with Gasteiger partial charge in [0.05, 0.1) is 27.5 Å². The SMILES string of the molecule is CC(O[C@@H](C[C@H](Cc1ccccc1)N(C(=O)N(C)c1csc(C(C)C)n1)[C@H](C(N)=O)C(C)C)[C@H](Cc1ccccc1)NC(=O)OCc1cncs1)OP(=O)(O)O. The molecule has 0 aliphatic carbocycles. The van der Waals surface area contributed by atoms with E-state index in [2.05, 4.69) is 15.3 Å². The lowest BCUT2D eigenvalue weighted by atomic mass is 9.90. The maximum absolute atomic E-state index is 14.9. The molecule has 0 aliphatic heterocycles. The number of benzene rings is 2. The van der Waals surface area contributed by atoms with Crippen LogP contribution in [-0.4, -0.2) is 80.3 Å². The molecular weight excluding hydrogens is 780 g/mol. The second-order valence-corrected chi connectivity index (χ2v) is 17.0. The fourth-order valence-electron chi connectivity index (χ4n) is 6.27. The summed E-state index contributed by atoms with van der Waals surface area (Å²) < 4.78 is 28.8. The molecule has 2 aromatic carbocycles. The van der Waals surface area contributed by atoms with Crippen molar-refractivity contribution in [1.82, 2.24) is 20.2 Å². The molecule has 4 rings (SSSR count). The van der Waals surface area contributed by atoms with Gasteiger partial charge in [-0.25, -0.2) is 19.1 Å². The Kier molecular flexibility index (Phi) is 16.5. The molecule has 18 heteroatoms. The Labute approximate surface area is 335 Å². The summed E-state index contributed by atoms with van der Waals surface area (Å²) >= 11 is 2.73. The van der Waals surface area contributed by atoms with Crippen molar-refractivity contribution in [3.63, 3.8) is 0 Å². The Bertz CT molecular complexity index is 1880. The van der Waals surface area contributed by atoms with Crippen molar-refractivity contribution in [3.8, 4) is 0 Å². The molecule has 0 spiro atoms. The number of phosphoric acid groups is 1. The van der Waals surface area contributed by atoms with E-state index in [1.54, 1.807) is 38.0 Å². The number of nitrogens with two attached hydrogens (primary N) is 1. The molecule has 56 heavy (non-hydrogen) atoms. The van der Waals surface area contributed by atoms with Gasteiger partial charge in [0.15, 0.2) is 6.29 Å². The van der Waals surface area contributed by atoms with Crippen LogP contribution in [0.3, 0.4) is 0 Å². The van der Waals surface area contributed by atoms with Crippen LogP contribution in [0.2, 0.25) is 0 Å². The number of hydrogen-bond acceptors (Lipinski definition) is 11. The molecular formula is C38H51N6O9PS2. The zero-order valence-corrected chi connectivity index (χ0v) is 34.8. The number of ether oxygens (including phenoxy) is 2. The van der Waals surface area contributed by atoms with E-state index >= 15 is 0 Å². The second kappa shape index (κ2) is 20.8. The fraction of sp³-hybridized carbons (Fsp3) is 0.447. The molecule has 304 valence electrons. The van der Waals surface area contributed by atoms with Crippen LogP contribution in [0.25, 0.3) is 0 Å². The third-order valence-corrected chi connectivity index (χ3v) is 11.3. The highest BCUT2D eigenvalue weighted by molar-refractivity contribution is 7.46. The van der Waals surface area contributed by atoms with Crippen molar-refractivity contribution >= 4 is 54.3 Å². The number of nitrogens with one attached hydrogen (secondary N) is 1. The van der Waals surface area contributed by atoms with E-state index in [1.807, 2.05) is 74.5 Å². The predicted octanol–water partition coefficient (Wildman–Crippen LogP) is 6.47. The minimum atomic E-state index is -5.04. The summed E-state index contributed by atoms with van der Waals surface area (Å²) in [5.41, 5.74) is 9.32. The zero-order chi connectivity index (χ0) is 41.0. The van der Waals surface area contributed by atoms with Gasteiger partial charge in [-0.3, -0.25) is 19.2 Å². The van der Waals surface area contributed by atoms with Crippen LogP contribution in [-0.2, 0) is 42.8 Å². The quantitative estimate of drug-likeness (QED) is 0.0561. The Morgan fingerprint density at radius 3 is 2.09 bits per heavy atom. The zero-order valence-electron chi connectivity index (χ0n) is 32.3. The van der Waals surface area contributed by atoms with Crippen LogP contribution in [0.5, 0.6) is 0 Å². The maximum Gasteiger partial charge on any atom is 0.471 e. The monoisotopic (exact) mass is 830 g/mol. The molecule has 0 aliphatic rings. The van der Waals surface area contributed by atoms with Crippen LogP contribution < -0.4 is 16.0 Å². The molecule has 4 aromatic rings. The minimum absolute atomic E-state index is 0.0487. The van der Waals surface area contributed by atoms with E-state index < -0.39 is 62.3 Å². The molecule has 5 N–H and O–H groups in total. The third kappa shape index (κ3) is 13.5. The van der Waals surface area contributed by atoms with Gasteiger partial charge >= 0.3 is 19.9 Å². The lowest BCUT2D eigenvalue weighted by Gasteiger charge is -2.42. The number of phosphoric ester groups is 1. The smallest absolute Gasteiger partial charge is 0.444 e. The number of urea groups is 1. The van der Waals surface area contributed by atoms with Crippen LogP contribution in [0, 0.1) is 5.92 Å². The van der Waals surface area contributed by atoms with Crippen molar-refractivity contribution in [3.05, 3.63) is 98.8 Å². The molecule has 0 saturated carbocycles. The average molecular weight is 831 g/mol. The molecule has 0 bridgehead atoms. The number of nitrogens with zero attached hydrogens (tertiary/aromatic N) is 4. The standard InChI is InChI=1S/C38H51N6O9PS2/c1-24(2)34(35(39)45)44(38(47)43(6)33-22-55-36(42-33)25(3)4)29(17-27-13-9-7-10-14-27)19-32(52-26(5)53-54(48,49)50)31(18-28-15-11-8-12-16-28)41-37(46)51-21-30-20-40-23-56-30/h7-16,20,22-26,29,31-32,34H,17-19,21H2,1-6H3,(H2,39,45)(H,41,46)(H2,48,49,50)/t26?,29-,31-,32-,34-/m0/s1. The van der Waals surface area contributed by atoms with Gasteiger partial charge in [0, 0.05) is 30.6 Å². The number of rotatable bonds is 20. The Morgan fingerprint density at radius 2 is 1.57 bits per heavy atom. The molecule has 0 saturated heterocycles. The minimum Gasteiger partial charge on any atom is -0.444 e. The lowest BCUT2D eigenvalue weighted by molar-refractivity contribution is -0.136. The molecule has 4 amide bonds. The topological polar surface area (TPSA) is 207 Å². The van der Waals surface area contributed by atoms with E-state index in [0.717, 1.165) is 16.1 Å². The number of thiazole rings is 2. The first kappa shape index (κ1) is 44.5. The molecule has 5 atom stereocenters. The first-order valence-electron chi connectivity index (χ1n) is 18.1. The summed E-state index contributed by atoms with van der Waals surface area (Å²) in [7, 11) is -3.46. The molecule has 0 fully saturated rings. The number of anilines is 1. The number of carbonyl (C=O) groups is 3. The van der Waals surface area contributed by atoms with Crippen LogP contribution in [0.1, 0.15) is 68.0 Å². The number of primary amides is 1. The highest BCUT2D eigenvalue weighted by Crippen LogP contribution is 2.38. The van der Waals surface area contributed by atoms with Crippen molar-refractivity contribution in [1.29, 1.82) is 0 Å². The van der Waals surface area contributed by atoms with Crippen molar-refractivity contribution < 1.29 is 42.7 Å². The van der Waals surface area contributed by atoms with Crippen molar-refractivity contribution in [2.45, 2.75) is 96.9 Å². The summed E-state index contributed by atoms with van der Waals surface area (Å²) in [6.07, 6.45) is -1.48. The van der Waals surface area contributed by atoms with Crippen molar-refractivity contribution in [2.24, 2.45) is 11.7 Å². The first-order valence-corrected chi connectivity index (χ1v) is 21.4. The van der Waals surface area contributed by atoms with Gasteiger partial charge in [-0.2, -0.15) is 0 Å². The Morgan fingerprint density at radius 1 is 0.946 bits per heavy atom. The lowest BCUT2D eigenvalue weighted by Crippen LogP contribution is -2.60. The summed E-state index contributed by atoms with van der Waals surface area (Å²) in [5, 5.41) is 5.51. The van der Waals surface area contributed by atoms with Gasteiger partial charge < -0.3 is 35.2 Å². The van der Waals surface area contributed by atoms with E-state index in [4.69, 9.17) is 19.7 Å². The maximum atomic E-state index is 14.9. The largest absolute Gasteiger partial charge is 0.471 e. The van der Waals surface area contributed by atoms with E-state index in [-0.39, 0.29) is 31.8 Å². The van der Waals surface area contributed by atoms with Crippen LogP contribution in [0.15, 0.2) is 77.8 Å². The predicted molar refractivity (Wildman–Crippen MR) is 215 cm³/mol. The number of aromatic nitrogens is 2. The van der Waals surface area contributed by atoms with Gasteiger partial charge in [0.2, 0.25) is 5.91 Å². The molecule has 0 radical (unpaired) electrons. The summed E-state index contributed by atoms with van der Waals surface area (Å²) in [5.74, 6) is -0.669.